The van der Waals surface area contributed by atoms with E-state index in [9.17, 15) is 9.59 Å². The van der Waals surface area contributed by atoms with Crippen molar-refractivity contribution in [3.63, 3.8) is 0 Å². The third kappa shape index (κ3) is 4.93. The third-order valence-electron chi connectivity index (χ3n) is 7.61. The zero-order valence-corrected chi connectivity index (χ0v) is 24.7. The van der Waals surface area contributed by atoms with E-state index < -0.39 is 11.4 Å². The number of hydrogen-bond donors (Lipinski definition) is 2. The summed E-state index contributed by atoms with van der Waals surface area (Å²) < 4.78 is 2.97. The molecule has 5 aromatic rings. The molecule has 6 rings (SSSR count). The molecule has 1 aliphatic rings. The highest BCUT2D eigenvalue weighted by atomic mass is 35.5. The molecule has 214 valence electrons. The Bertz CT molecular complexity index is 1840. The highest BCUT2D eigenvalue weighted by Gasteiger charge is 2.49. The van der Waals surface area contributed by atoms with Crippen LogP contribution in [0.2, 0.25) is 10.0 Å². The topological polar surface area (TPSA) is 111 Å². The predicted molar refractivity (Wildman–Crippen MR) is 166 cm³/mol. The highest BCUT2D eigenvalue weighted by Crippen LogP contribution is 2.38. The largest absolute Gasteiger partial charge is 0.368 e. The first-order valence-corrected chi connectivity index (χ1v) is 14.4. The lowest BCUT2D eigenvalue weighted by molar-refractivity contribution is -0.125. The molecule has 1 saturated heterocycles. The lowest BCUT2D eigenvalue weighted by Gasteiger charge is -2.48. The molecule has 2 aromatic heterocycles. The van der Waals surface area contributed by atoms with Crippen molar-refractivity contribution in [2.45, 2.75) is 25.9 Å². The van der Waals surface area contributed by atoms with Crippen LogP contribution >= 0.6 is 23.2 Å². The van der Waals surface area contributed by atoms with Crippen molar-refractivity contribution in [1.82, 2.24) is 24.5 Å². The number of carbonyl (C=O) groups excluding carboxylic acids is 1. The fourth-order valence-electron chi connectivity index (χ4n) is 5.38. The van der Waals surface area contributed by atoms with Gasteiger partial charge in [0.2, 0.25) is 11.9 Å². The van der Waals surface area contributed by atoms with Crippen molar-refractivity contribution in [3.05, 3.63) is 104 Å². The molecule has 3 heterocycles. The van der Waals surface area contributed by atoms with Crippen LogP contribution in [0.4, 0.5) is 5.95 Å². The van der Waals surface area contributed by atoms with E-state index in [1.54, 1.807) is 24.3 Å². The minimum atomic E-state index is -0.917. The number of nitrogens with two attached hydrogens (primary N) is 1. The lowest BCUT2D eigenvalue weighted by atomic mass is 9.89. The number of benzene rings is 3. The molecule has 0 atom stereocenters. The number of nitrogens with zero attached hydrogens (tertiary/aromatic N) is 5. The minimum Gasteiger partial charge on any atom is -0.368 e. The number of amides is 1. The van der Waals surface area contributed by atoms with Crippen molar-refractivity contribution < 1.29 is 4.79 Å². The monoisotopic (exact) mass is 601 g/mol. The van der Waals surface area contributed by atoms with Gasteiger partial charge in [-0.25, -0.2) is 18.9 Å². The molecule has 9 nitrogen and oxygen atoms in total. The molecule has 0 unspecified atom stereocenters. The molecular weight excluding hydrogens is 573 g/mol. The summed E-state index contributed by atoms with van der Waals surface area (Å²) in [7, 11) is 0. The van der Waals surface area contributed by atoms with E-state index in [1.165, 1.54) is 9.08 Å². The second kappa shape index (κ2) is 10.9. The quantitative estimate of drug-likeness (QED) is 0.270. The predicted octanol–water partition coefficient (Wildman–Crippen LogP) is 4.54. The lowest BCUT2D eigenvalue weighted by Crippen LogP contribution is -2.75. The number of hydrogen-bond acceptors (Lipinski definition) is 6. The normalized spacial score (nSPS) is 14.2. The zero-order valence-electron chi connectivity index (χ0n) is 23.1. The maximum atomic E-state index is 14.1. The molecule has 42 heavy (non-hydrogen) atoms. The average molecular weight is 603 g/mol. The van der Waals surface area contributed by atoms with E-state index in [-0.39, 0.29) is 25.3 Å². The second-order valence-electron chi connectivity index (χ2n) is 10.6. The van der Waals surface area contributed by atoms with E-state index in [1.807, 2.05) is 67.3 Å². The first-order chi connectivity index (χ1) is 20.2. The molecule has 1 aliphatic heterocycles. The fourth-order valence-corrected chi connectivity index (χ4v) is 5.63. The number of carbonyl (C=O) groups is 1. The van der Waals surface area contributed by atoms with Crippen molar-refractivity contribution in [3.8, 4) is 22.4 Å². The molecule has 0 aliphatic carbocycles. The first-order valence-electron chi connectivity index (χ1n) is 13.6. The standard InChI is InChI=1S/C31H29Cl2N7O2/c1-3-35-31(28(34)41)17-38(18-31)29-36-26(22-10-14-24(33)15-11-22)25(21-8-12-23(32)13-9-21)27-37-39(30(42)40(27)29)16-20-6-4-19(2)5-7-20/h4-15,35H,3,16-18H2,1-2H3,(H2,34,41). The van der Waals surface area contributed by atoms with Gasteiger partial charge in [-0.2, -0.15) is 0 Å². The molecule has 0 saturated carbocycles. The molecule has 1 fully saturated rings. The zero-order chi connectivity index (χ0) is 29.6. The summed E-state index contributed by atoms with van der Waals surface area (Å²) in [5, 5.41) is 9.27. The Morgan fingerprint density at radius 3 is 2.12 bits per heavy atom. The van der Waals surface area contributed by atoms with Crippen LogP contribution in [0, 0.1) is 6.92 Å². The van der Waals surface area contributed by atoms with E-state index in [0.717, 1.165) is 22.3 Å². The SMILES string of the molecule is CCNC1(C(N)=O)CN(c2nc(-c3ccc(Cl)cc3)c(-c3ccc(Cl)cc3)c3nn(Cc4ccc(C)cc4)c(=O)n23)C1. The Morgan fingerprint density at radius 1 is 0.952 bits per heavy atom. The smallest absolute Gasteiger partial charge is 0.353 e. The van der Waals surface area contributed by atoms with E-state index in [0.29, 0.717) is 39.4 Å². The van der Waals surface area contributed by atoms with Gasteiger partial charge in [-0.3, -0.25) is 4.79 Å². The summed E-state index contributed by atoms with van der Waals surface area (Å²) >= 11 is 12.5. The first kappa shape index (κ1) is 28.0. The van der Waals surface area contributed by atoms with Gasteiger partial charge in [0, 0.05) is 28.7 Å². The molecule has 3 N–H and O–H groups in total. The number of nitrogens with one attached hydrogen (secondary N) is 1. The number of aromatic nitrogens is 4. The van der Waals surface area contributed by atoms with Crippen molar-refractivity contribution >= 4 is 40.7 Å². The van der Waals surface area contributed by atoms with Crippen LogP contribution < -0.4 is 21.6 Å². The molecule has 11 heteroatoms. The van der Waals surface area contributed by atoms with Gasteiger partial charge in [-0.05, 0) is 48.9 Å². The number of anilines is 1. The number of halogens is 2. The second-order valence-corrected chi connectivity index (χ2v) is 11.4. The van der Waals surface area contributed by atoms with Crippen molar-refractivity contribution in [2.75, 3.05) is 24.5 Å². The Balaban J connectivity index is 1.61. The van der Waals surface area contributed by atoms with Gasteiger partial charge in [0.25, 0.3) is 0 Å². The number of likely N-dealkylation sites (N-methyl/N-ethyl adjacent to an activating group) is 1. The van der Waals surface area contributed by atoms with Crippen LogP contribution in [0.1, 0.15) is 18.1 Å². The Hall–Kier alpha value is -4.18. The molecule has 1 amide bonds. The molecule has 0 radical (unpaired) electrons. The summed E-state index contributed by atoms with van der Waals surface area (Å²) in [6, 6.07) is 22.7. The summed E-state index contributed by atoms with van der Waals surface area (Å²) in [5.74, 6) is -0.0717. The van der Waals surface area contributed by atoms with Gasteiger partial charge in [0.15, 0.2) is 5.65 Å². The number of rotatable bonds is 8. The molecule has 0 bridgehead atoms. The van der Waals surface area contributed by atoms with Gasteiger partial charge in [-0.15, -0.1) is 5.10 Å². The summed E-state index contributed by atoms with van der Waals surface area (Å²) in [6.07, 6.45) is 0. The van der Waals surface area contributed by atoms with Gasteiger partial charge >= 0.3 is 5.69 Å². The molecule has 0 spiro atoms. The van der Waals surface area contributed by atoms with E-state index in [2.05, 4.69) is 5.32 Å². The van der Waals surface area contributed by atoms with Crippen LogP contribution in [-0.2, 0) is 11.3 Å². The van der Waals surface area contributed by atoms with Crippen molar-refractivity contribution in [2.24, 2.45) is 5.73 Å². The summed E-state index contributed by atoms with van der Waals surface area (Å²) in [4.78, 5) is 33.4. The van der Waals surface area contributed by atoms with Crippen LogP contribution in [0.3, 0.4) is 0 Å². The minimum absolute atomic E-state index is 0.258. The average Bonchev–Trinajstić information content (AvgIpc) is 3.27. The van der Waals surface area contributed by atoms with Gasteiger partial charge in [0.1, 0.15) is 5.54 Å². The Labute approximate surface area is 252 Å². The summed E-state index contributed by atoms with van der Waals surface area (Å²) in [6.45, 7) is 5.30. The van der Waals surface area contributed by atoms with Crippen LogP contribution in [-0.4, -0.2) is 50.2 Å². The van der Waals surface area contributed by atoms with Crippen LogP contribution in [0.25, 0.3) is 28.0 Å². The van der Waals surface area contributed by atoms with E-state index in [4.69, 9.17) is 39.0 Å². The Morgan fingerprint density at radius 2 is 1.55 bits per heavy atom. The third-order valence-corrected chi connectivity index (χ3v) is 8.11. The van der Waals surface area contributed by atoms with E-state index >= 15 is 0 Å². The van der Waals surface area contributed by atoms with Crippen molar-refractivity contribution in [1.29, 1.82) is 0 Å². The van der Waals surface area contributed by atoms with Gasteiger partial charge < -0.3 is 16.0 Å². The molecule has 3 aromatic carbocycles. The number of primary amides is 1. The number of fused-ring (bicyclic) bond motifs is 1. The van der Waals surface area contributed by atoms with Gasteiger partial charge in [-0.1, -0.05) is 84.2 Å². The highest BCUT2D eigenvalue weighted by molar-refractivity contribution is 6.31. The molecular formula is C31H29Cl2N7O2. The maximum absolute atomic E-state index is 14.1. The Kier molecular flexibility index (Phi) is 7.26. The van der Waals surface area contributed by atoms with Gasteiger partial charge in [0.05, 0.1) is 17.8 Å². The maximum Gasteiger partial charge on any atom is 0.353 e. The van der Waals surface area contributed by atoms with Crippen LogP contribution in [0.15, 0.2) is 77.6 Å². The van der Waals surface area contributed by atoms with Crippen LogP contribution in [0.5, 0.6) is 0 Å². The summed E-state index contributed by atoms with van der Waals surface area (Å²) in [5.41, 5.74) is 9.91. The number of aryl methyl sites for hydroxylation is 1. The fraction of sp³-hybridized carbons (Fsp3) is 0.226.